The number of aromatic nitrogens is 1. The van der Waals surface area contributed by atoms with Gasteiger partial charge < -0.3 is 5.73 Å². The Balaban J connectivity index is 2.50. The molecule has 1 aromatic heterocycles. The lowest BCUT2D eigenvalue weighted by Crippen LogP contribution is -2.44. The van der Waals surface area contributed by atoms with Gasteiger partial charge in [0.05, 0.1) is 16.7 Å². The van der Waals surface area contributed by atoms with Crippen molar-refractivity contribution in [1.82, 2.24) is 9.88 Å². The number of nitrogens with zero attached hydrogens (tertiary/aromatic N) is 2. The van der Waals surface area contributed by atoms with E-state index >= 15 is 0 Å². The maximum Gasteiger partial charge on any atom is 0.0720 e. The monoisotopic (exact) mass is 319 g/mol. The van der Waals surface area contributed by atoms with Gasteiger partial charge >= 0.3 is 0 Å². The molecule has 0 fully saturated rings. The number of hydrogen-bond acceptors (Lipinski definition) is 3. The zero-order chi connectivity index (χ0) is 16.2. The summed E-state index contributed by atoms with van der Waals surface area (Å²) in [7, 11) is 0. The van der Waals surface area contributed by atoms with Gasteiger partial charge in [-0.3, -0.25) is 9.88 Å². The quantitative estimate of drug-likeness (QED) is 0.832. The molecule has 0 aliphatic carbocycles. The van der Waals surface area contributed by atoms with E-state index in [9.17, 15) is 0 Å². The first kappa shape index (κ1) is 17.2. The summed E-state index contributed by atoms with van der Waals surface area (Å²) in [6, 6.07) is 10.1. The maximum atomic E-state index is 6.12. The predicted molar refractivity (Wildman–Crippen MR) is 95.3 cm³/mol. The molecule has 120 valence electrons. The van der Waals surface area contributed by atoms with Crippen molar-refractivity contribution in [2.45, 2.75) is 39.2 Å². The van der Waals surface area contributed by atoms with E-state index in [1.54, 1.807) is 0 Å². The molecule has 1 heterocycles. The number of nitrogens with two attached hydrogens (primary N) is 1. The van der Waals surface area contributed by atoms with E-state index in [1.165, 1.54) is 0 Å². The number of halogens is 1. The fraction of sp³-hybridized carbons (Fsp3) is 0.500. The van der Waals surface area contributed by atoms with Crippen LogP contribution in [-0.2, 0) is 5.54 Å². The Hall–Kier alpha value is -1.16. The molecule has 2 aromatic rings. The van der Waals surface area contributed by atoms with Gasteiger partial charge in [-0.2, -0.15) is 0 Å². The third-order valence-electron chi connectivity index (χ3n) is 4.54. The second kappa shape index (κ2) is 7.40. The molecule has 4 heteroatoms. The second-order valence-electron chi connectivity index (χ2n) is 5.87. The van der Waals surface area contributed by atoms with E-state index in [0.717, 1.165) is 47.6 Å². The SMILES string of the molecule is CCN(CC)C(C)(CCCN)c1ccc2ccc(Cl)cc2n1. The van der Waals surface area contributed by atoms with Crippen molar-refractivity contribution < 1.29 is 0 Å². The van der Waals surface area contributed by atoms with Crippen LogP contribution in [0, 0.1) is 0 Å². The number of pyridine rings is 1. The van der Waals surface area contributed by atoms with Crippen molar-refractivity contribution in [1.29, 1.82) is 0 Å². The molecular formula is C18H26ClN3. The molecule has 1 aromatic carbocycles. The van der Waals surface area contributed by atoms with Crippen molar-refractivity contribution in [3.8, 4) is 0 Å². The standard InChI is InChI=1S/C18H26ClN3/c1-4-22(5-2)18(3,11-6-12-20)17-10-8-14-7-9-15(19)13-16(14)21-17/h7-10,13H,4-6,11-12,20H2,1-3H3. The highest BCUT2D eigenvalue weighted by molar-refractivity contribution is 6.31. The molecule has 1 atom stereocenters. The lowest BCUT2D eigenvalue weighted by molar-refractivity contribution is 0.1000. The predicted octanol–water partition coefficient (Wildman–Crippen LogP) is 4.18. The Kier molecular flexibility index (Phi) is 5.79. The van der Waals surface area contributed by atoms with Crippen molar-refractivity contribution in [2.24, 2.45) is 5.73 Å². The minimum atomic E-state index is -0.0978. The molecule has 0 saturated heterocycles. The van der Waals surface area contributed by atoms with Gasteiger partial charge in [-0.15, -0.1) is 0 Å². The highest BCUT2D eigenvalue weighted by Crippen LogP contribution is 2.33. The van der Waals surface area contributed by atoms with Crippen LogP contribution in [0.15, 0.2) is 30.3 Å². The molecule has 2 rings (SSSR count). The largest absolute Gasteiger partial charge is 0.330 e. The van der Waals surface area contributed by atoms with E-state index in [4.69, 9.17) is 22.3 Å². The highest BCUT2D eigenvalue weighted by Gasteiger charge is 2.32. The van der Waals surface area contributed by atoms with Crippen LogP contribution in [0.3, 0.4) is 0 Å². The molecule has 0 aliphatic rings. The van der Waals surface area contributed by atoms with E-state index in [-0.39, 0.29) is 5.54 Å². The van der Waals surface area contributed by atoms with Crippen LogP contribution in [0.4, 0.5) is 0 Å². The molecule has 0 radical (unpaired) electrons. The van der Waals surface area contributed by atoms with Crippen molar-refractivity contribution in [2.75, 3.05) is 19.6 Å². The molecule has 0 amide bonds. The Morgan fingerprint density at radius 1 is 1.18 bits per heavy atom. The van der Waals surface area contributed by atoms with Crippen LogP contribution in [0.5, 0.6) is 0 Å². The Morgan fingerprint density at radius 3 is 2.50 bits per heavy atom. The van der Waals surface area contributed by atoms with E-state index in [2.05, 4.69) is 37.8 Å². The van der Waals surface area contributed by atoms with Gasteiger partial charge in [0, 0.05) is 10.4 Å². The van der Waals surface area contributed by atoms with Gasteiger partial charge in [-0.1, -0.05) is 37.6 Å². The zero-order valence-electron chi connectivity index (χ0n) is 13.8. The van der Waals surface area contributed by atoms with Gasteiger partial charge in [-0.05, 0) is 57.6 Å². The molecule has 2 N–H and O–H groups in total. The van der Waals surface area contributed by atoms with Crippen molar-refractivity contribution in [3.05, 3.63) is 41.0 Å². The summed E-state index contributed by atoms with van der Waals surface area (Å²) < 4.78 is 0. The van der Waals surface area contributed by atoms with Crippen LogP contribution in [0.25, 0.3) is 10.9 Å². The minimum absolute atomic E-state index is 0.0978. The normalized spacial score (nSPS) is 14.5. The Bertz CT molecular complexity index is 625. The smallest absolute Gasteiger partial charge is 0.0720 e. The number of benzene rings is 1. The van der Waals surface area contributed by atoms with Crippen LogP contribution in [0.1, 0.15) is 39.3 Å². The van der Waals surface area contributed by atoms with Gasteiger partial charge in [-0.25, -0.2) is 0 Å². The zero-order valence-corrected chi connectivity index (χ0v) is 14.5. The van der Waals surface area contributed by atoms with E-state index in [0.29, 0.717) is 6.54 Å². The summed E-state index contributed by atoms with van der Waals surface area (Å²) in [5.41, 5.74) is 7.70. The first-order chi connectivity index (χ1) is 10.5. The molecule has 0 aliphatic heterocycles. The third-order valence-corrected chi connectivity index (χ3v) is 4.77. The third kappa shape index (κ3) is 3.43. The summed E-state index contributed by atoms with van der Waals surface area (Å²) in [5.74, 6) is 0. The molecule has 0 bridgehead atoms. The molecule has 0 saturated carbocycles. The average molecular weight is 320 g/mol. The minimum Gasteiger partial charge on any atom is -0.330 e. The van der Waals surface area contributed by atoms with Crippen LogP contribution < -0.4 is 5.73 Å². The van der Waals surface area contributed by atoms with Crippen LogP contribution in [-0.4, -0.2) is 29.5 Å². The van der Waals surface area contributed by atoms with Crippen molar-refractivity contribution in [3.63, 3.8) is 0 Å². The molecule has 1 unspecified atom stereocenters. The van der Waals surface area contributed by atoms with Crippen LogP contribution in [0.2, 0.25) is 5.02 Å². The lowest BCUT2D eigenvalue weighted by Gasteiger charge is -2.40. The molecule has 0 spiro atoms. The first-order valence-corrected chi connectivity index (χ1v) is 8.44. The topological polar surface area (TPSA) is 42.1 Å². The summed E-state index contributed by atoms with van der Waals surface area (Å²) in [4.78, 5) is 7.37. The van der Waals surface area contributed by atoms with Gasteiger partial charge in [0.25, 0.3) is 0 Å². The Labute approximate surface area is 138 Å². The maximum absolute atomic E-state index is 6.12. The summed E-state index contributed by atoms with van der Waals surface area (Å²) in [5, 5.41) is 1.84. The van der Waals surface area contributed by atoms with Crippen LogP contribution >= 0.6 is 11.6 Å². The fourth-order valence-corrected chi connectivity index (χ4v) is 3.37. The number of fused-ring (bicyclic) bond motifs is 1. The van der Waals surface area contributed by atoms with Gasteiger partial charge in [0.1, 0.15) is 0 Å². The molecule has 3 nitrogen and oxygen atoms in total. The number of rotatable bonds is 7. The van der Waals surface area contributed by atoms with E-state index in [1.807, 2.05) is 18.2 Å². The Morgan fingerprint density at radius 2 is 1.86 bits per heavy atom. The summed E-state index contributed by atoms with van der Waals surface area (Å²) >= 11 is 6.12. The molecule has 22 heavy (non-hydrogen) atoms. The van der Waals surface area contributed by atoms with E-state index < -0.39 is 0 Å². The first-order valence-electron chi connectivity index (χ1n) is 8.07. The average Bonchev–Trinajstić information content (AvgIpc) is 2.53. The van der Waals surface area contributed by atoms with Gasteiger partial charge in [0.2, 0.25) is 0 Å². The fourth-order valence-electron chi connectivity index (χ4n) is 3.21. The highest BCUT2D eigenvalue weighted by atomic mass is 35.5. The molecular weight excluding hydrogens is 294 g/mol. The lowest BCUT2D eigenvalue weighted by atomic mass is 9.88. The van der Waals surface area contributed by atoms with Gasteiger partial charge in [0.15, 0.2) is 0 Å². The second-order valence-corrected chi connectivity index (χ2v) is 6.31. The summed E-state index contributed by atoms with van der Waals surface area (Å²) in [6.07, 6.45) is 1.99. The summed E-state index contributed by atoms with van der Waals surface area (Å²) in [6.45, 7) is 9.36. The number of hydrogen-bond donors (Lipinski definition) is 1. The van der Waals surface area contributed by atoms with Crippen molar-refractivity contribution >= 4 is 22.5 Å².